The average Bonchev–Trinajstić information content (AvgIpc) is 2.30. The second-order valence-corrected chi connectivity index (χ2v) is 4.77. The van der Waals surface area contributed by atoms with E-state index in [9.17, 15) is 4.39 Å². The molecule has 94 valence electrons. The third-order valence-electron chi connectivity index (χ3n) is 2.64. The van der Waals surface area contributed by atoms with Crippen molar-refractivity contribution in [2.45, 2.75) is 19.5 Å². The first-order chi connectivity index (χ1) is 7.95. The maximum Gasteiger partial charge on any atom is 0.156 e. The van der Waals surface area contributed by atoms with Crippen LogP contribution < -0.4 is 5.73 Å². The number of hydrogen-bond donors (Lipinski definition) is 2. The Labute approximate surface area is 108 Å². The lowest BCUT2D eigenvalue weighted by Crippen LogP contribution is -2.40. The van der Waals surface area contributed by atoms with E-state index in [2.05, 4.69) is 21.1 Å². The van der Waals surface area contributed by atoms with Gasteiger partial charge in [0.25, 0.3) is 0 Å². The van der Waals surface area contributed by atoms with Gasteiger partial charge in [-0.15, -0.1) is 0 Å². The summed E-state index contributed by atoms with van der Waals surface area (Å²) in [6.45, 7) is 2.17. The monoisotopic (exact) mass is 303 g/mol. The van der Waals surface area contributed by atoms with E-state index in [1.165, 1.54) is 6.07 Å². The van der Waals surface area contributed by atoms with Crippen molar-refractivity contribution in [3.63, 3.8) is 0 Å². The predicted molar refractivity (Wildman–Crippen MR) is 68.4 cm³/mol. The largest absolute Gasteiger partial charge is 0.409 e. The summed E-state index contributed by atoms with van der Waals surface area (Å²) >= 11 is 3.20. The first kappa shape index (κ1) is 13.9. The van der Waals surface area contributed by atoms with E-state index in [0.29, 0.717) is 16.6 Å². The summed E-state index contributed by atoms with van der Waals surface area (Å²) in [4.78, 5) is 1.79. The maximum absolute atomic E-state index is 13.6. The van der Waals surface area contributed by atoms with Crippen LogP contribution in [0.3, 0.4) is 0 Å². The number of nitrogens with two attached hydrogens (primary N) is 1. The number of likely N-dealkylation sites (N-methyl/N-ethyl adjacent to an activating group) is 1. The Kier molecular flexibility index (Phi) is 4.89. The van der Waals surface area contributed by atoms with Crippen molar-refractivity contribution in [3.05, 3.63) is 34.1 Å². The zero-order chi connectivity index (χ0) is 13.0. The molecule has 3 N–H and O–H groups in total. The first-order valence-electron chi connectivity index (χ1n) is 5.07. The second-order valence-electron chi connectivity index (χ2n) is 3.85. The normalized spacial score (nSPS) is 14.1. The molecule has 17 heavy (non-hydrogen) atoms. The molecule has 1 aromatic rings. The van der Waals surface area contributed by atoms with Crippen LogP contribution in [0, 0.1) is 5.82 Å². The van der Waals surface area contributed by atoms with E-state index in [4.69, 9.17) is 10.9 Å². The van der Waals surface area contributed by atoms with Gasteiger partial charge < -0.3 is 10.9 Å². The minimum atomic E-state index is -0.280. The van der Waals surface area contributed by atoms with E-state index >= 15 is 0 Å². The molecule has 1 unspecified atom stereocenters. The van der Waals surface area contributed by atoms with E-state index in [-0.39, 0.29) is 17.7 Å². The van der Waals surface area contributed by atoms with Gasteiger partial charge in [-0.3, -0.25) is 4.90 Å². The van der Waals surface area contributed by atoms with Crippen LogP contribution in [0.25, 0.3) is 0 Å². The molecule has 0 heterocycles. The summed E-state index contributed by atoms with van der Waals surface area (Å²) < 4.78 is 14.3. The van der Waals surface area contributed by atoms with Gasteiger partial charge in [0.15, 0.2) is 5.84 Å². The molecule has 0 saturated heterocycles. The van der Waals surface area contributed by atoms with Crippen LogP contribution in [-0.2, 0) is 6.54 Å². The first-order valence-corrected chi connectivity index (χ1v) is 5.86. The van der Waals surface area contributed by atoms with Crippen LogP contribution in [0.5, 0.6) is 0 Å². The highest BCUT2D eigenvalue weighted by Crippen LogP contribution is 2.17. The zero-order valence-corrected chi connectivity index (χ0v) is 11.3. The Hall–Kier alpha value is -1.14. The smallest absolute Gasteiger partial charge is 0.156 e. The maximum atomic E-state index is 13.6. The minimum absolute atomic E-state index is 0.102. The van der Waals surface area contributed by atoms with Gasteiger partial charge in [-0.1, -0.05) is 27.2 Å². The number of amidine groups is 1. The molecule has 0 amide bonds. The van der Waals surface area contributed by atoms with E-state index in [1.54, 1.807) is 31.0 Å². The molecule has 0 spiro atoms. The highest BCUT2D eigenvalue weighted by Gasteiger charge is 2.15. The van der Waals surface area contributed by atoms with E-state index in [1.807, 2.05) is 0 Å². The van der Waals surface area contributed by atoms with Gasteiger partial charge in [-0.2, -0.15) is 0 Å². The van der Waals surface area contributed by atoms with Crippen LogP contribution in [0.1, 0.15) is 12.5 Å². The highest BCUT2D eigenvalue weighted by atomic mass is 79.9. The van der Waals surface area contributed by atoms with E-state index in [0.717, 1.165) is 0 Å². The van der Waals surface area contributed by atoms with Gasteiger partial charge in [0.2, 0.25) is 0 Å². The summed E-state index contributed by atoms with van der Waals surface area (Å²) in [6, 6.07) is 4.63. The van der Waals surface area contributed by atoms with Gasteiger partial charge in [0.05, 0.1) is 6.04 Å². The molecule has 0 aliphatic heterocycles. The molecule has 1 rings (SSSR count). The zero-order valence-electron chi connectivity index (χ0n) is 9.69. The highest BCUT2D eigenvalue weighted by molar-refractivity contribution is 9.10. The van der Waals surface area contributed by atoms with Crippen molar-refractivity contribution in [2.75, 3.05) is 7.05 Å². The fourth-order valence-electron chi connectivity index (χ4n) is 1.36. The Balaban J connectivity index is 2.77. The molecule has 0 saturated carbocycles. The topological polar surface area (TPSA) is 61.9 Å². The molecule has 4 nitrogen and oxygen atoms in total. The SMILES string of the molecule is CC(C(N)=NO)N(C)Cc1ccc(Br)cc1F. The van der Waals surface area contributed by atoms with Crippen molar-refractivity contribution < 1.29 is 9.60 Å². The summed E-state index contributed by atoms with van der Waals surface area (Å²) in [5.74, 6) is -0.178. The van der Waals surface area contributed by atoms with Crippen molar-refractivity contribution in [3.8, 4) is 0 Å². The lowest BCUT2D eigenvalue weighted by molar-refractivity contribution is 0.276. The number of hydrogen-bond acceptors (Lipinski definition) is 3. The van der Waals surface area contributed by atoms with Crippen molar-refractivity contribution in [2.24, 2.45) is 10.9 Å². The number of benzene rings is 1. The molecule has 0 aliphatic rings. The molecule has 0 bridgehead atoms. The molecule has 6 heteroatoms. The van der Waals surface area contributed by atoms with Gasteiger partial charge >= 0.3 is 0 Å². The van der Waals surface area contributed by atoms with Crippen LogP contribution in [0.15, 0.2) is 27.8 Å². The third-order valence-corrected chi connectivity index (χ3v) is 3.13. The predicted octanol–water partition coefficient (Wildman–Crippen LogP) is 2.15. The molecule has 1 atom stereocenters. The van der Waals surface area contributed by atoms with Gasteiger partial charge in [-0.25, -0.2) is 4.39 Å². The van der Waals surface area contributed by atoms with Crippen molar-refractivity contribution >= 4 is 21.8 Å². The van der Waals surface area contributed by atoms with Crippen LogP contribution >= 0.6 is 15.9 Å². The van der Waals surface area contributed by atoms with Gasteiger partial charge in [0.1, 0.15) is 5.82 Å². The average molecular weight is 304 g/mol. The number of rotatable bonds is 4. The van der Waals surface area contributed by atoms with Gasteiger partial charge in [0, 0.05) is 16.6 Å². The molecular formula is C11H15BrFN3O. The quantitative estimate of drug-likeness (QED) is 0.388. The Morgan fingerprint density at radius 3 is 2.82 bits per heavy atom. The van der Waals surface area contributed by atoms with Crippen molar-refractivity contribution in [1.29, 1.82) is 0 Å². The summed E-state index contributed by atoms with van der Waals surface area (Å²) in [5, 5.41) is 11.5. The van der Waals surface area contributed by atoms with Crippen LogP contribution in [0.4, 0.5) is 4.39 Å². The lowest BCUT2D eigenvalue weighted by Gasteiger charge is -2.23. The van der Waals surface area contributed by atoms with Crippen molar-refractivity contribution in [1.82, 2.24) is 4.90 Å². The molecule has 0 radical (unpaired) electrons. The number of oxime groups is 1. The van der Waals surface area contributed by atoms with Crippen LogP contribution in [0.2, 0.25) is 0 Å². The second kappa shape index (κ2) is 5.97. The summed E-state index contributed by atoms with van der Waals surface area (Å²) in [7, 11) is 1.78. The fourth-order valence-corrected chi connectivity index (χ4v) is 1.70. The number of nitrogens with zero attached hydrogens (tertiary/aromatic N) is 2. The minimum Gasteiger partial charge on any atom is -0.409 e. The standard InChI is InChI=1S/C11H15BrFN3O/c1-7(11(14)15-17)16(2)6-8-3-4-9(12)5-10(8)13/h3-5,7,17H,6H2,1-2H3,(H2,14,15). The third kappa shape index (κ3) is 3.67. The number of halogens is 2. The van der Waals surface area contributed by atoms with Crippen LogP contribution in [-0.4, -0.2) is 29.0 Å². The Morgan fingerprint density at radius 2 is 2.29 bits per heavy atom. The Morgan fingerprint density at radius 1 is 1.65 bits per heavy atom. The lowest BCUT2D eigenvalue weighted by atomic mass is 10.1. The molecule has 1 aromatic carbocycles. The Bertz CT molecular complexity index is 425. The van der Waals surface area contributed by atoms with E-state index < -0.39 is 0 Å². The fraction of sp³-hybridized carbons (Fsp3) is 0.364. The molecule has 0 fully saturated rings. The summed E-state index contributed by atoms with van der Waals surface area (Å²) in [5.41, 5.74) is 6.05. The molecule has 0 aliphatic carbocycles. The molecule has 0 aromatic heterocycles. The molecular weight excluding hydrogens is 289 g/mol. The summed E-state index contributed by atoms with van der Waals surface area (Å²) in [6.07, 6.45) is 0. The van der Waals surface area contributed by atoms with Gasteiger partial charge in [-0.05, 0) is 26.1 Å².